The summed E-state index contributed by atoms with van der Waals surface area (Å²) in [6, 6.07) is 7.94. The van der Waals surface area contributed by atoms with Gasteiger partial charge in [-0.05, 0) is 6.07 Å². The minimum Gasteiger partial charge on any atom is -0.267 e. The summed E-state index contributed by atoms with van der Waals surface area (Å²) >= 11 is 1.57. The van der Waals surface area contributed by atoms with Crippen LogP contribution < -0.4 is 5.56 Å². The van der Waals surface area contributed by atoms with Crippen molar-refractivity contribution in [2.45, 2.75) is 0 Å². The zero-order valence-electron chi connectivity index (χ0n) is 7.15. The lowest BCUT2D eigenvalue weighted by Crippen LogP contribution is -1.98. The van der Waals surface area contributed by atoms with E-state index in [0.29, 0.717) is 5.56 Å². The topological polar surface area (TPSA) is 45.8 Å². The molecule has 4 heteroatoms. The van der Waals surface area contributed by atoms with E-state index < -0.39 is 0 Å². The van der Waals surface area contributed by atoms with Gasteiger partial charge in [0.25, 0.3) is 5.56 Å². The van der Waals surface area contributed by atoms with E-state index in [0.717, 1.165) is 15.8 Å². The van der Waals surface area contributed by atoms with Crippen LogP contribution in [-0.2, 0) is 0 Å². The molecule has 3 nitrogen and oxygen atoms in total. The van der Waals surface area contributed by atoms with Crippen molar-refractivity contribution < 1.29 is 0 Å². The highest BCUT2D eigenvalue weighted by Crippen LogP contribution is 2.29. The molecule has 2 aliphatic heterocycles. The van der Waals surface area contributed by atoms with E-state index in [4.69, 9.17) is 0 Å². The molecular weight excluding hydrogens is 196 g/mol. The van der Waals surface area contributed by atoms with E-state index in [-0.39, 0.29) is 5.56 Å². The van der Waals surface area contributed by atoms with Gasteiger partial charge in [-0.15, -0.1) is 11.3 Å². The number of aromatic amines is 1. The van der Waals surface area contributed by atoms with Gasteiger partial charge in [0.15, 0.2) is 0 Å². The Hall–Kier alpha value is -1.68. The average Bonchev–Trinajstić information content (AvgIpc) is 2.61. The molecule has 0 radical (unpaired) electrons. The van der Waals surface area contributed by atoms with Gasteiger partial charge in [0, 0.05) is 15.5 Å². The van der Waals surface area contributed by atoms with Gasteiger partial charge >= 0.3 is 0 Å². The Kier molecular flexibility index (Phi) is 1.46. The molecule has 0 saturated heterocycles. The molecule has 0 fully saturated rings. The second kappa shape index (κ2) is 2.65. The number of benzene rings is 1. The van der Waals surface area contributed by atoms with Gasteiger partial charge < -0.3 is 0 Å². The lowest BCUT2D eigenvalue weighted by Gasteiger charge is -1.99. The summed E-state index contributed by atoms with van der Waals surface area (Å²) in [5.41, 5.74) is 1.33. The molecule has 2 heterocycles. The number of rotatable bonds is 0. The molecule has 0 aliphatic carbocycles. The van der Waals surface area contributed by atoms with Crippen LogP contribution in [0.25, 0.3) is 21.3 Å². The fourth-order valence-corrected chi connectivity index (χ4v) is 2.45. The van der Waals surface area contributed by atoms with Crippen LogP contribution in [0.5, 0.6) is 0 Å². The standard InChI is InChI=1S/C10H6N2OS/c13-10-7-5-14-8-4-2-1-3-6(8)9(7)11-12-10/h1-5H,(H,12,13). The highest BCUT2D eigenvalue weighted by atomic mass is 32.1. The third kappa shape index (κ3) is 0.914. The molecule has 0 aromatic heterocycles. The Morgan fingerprint density at radius 1 is 1.29 bits per heavy atom. The van der Waals surface area contributed by atoms with Crippen LogP contribution in [0.1, 0.15) is 0 Å². The van der Waals surface area contributed by atoms with Crippen molar-refractivity contribution in [3.05, 3.63) is 40.0 Å². The molecule has 0 unspecified atom stereocenters. The zero-order chi connectivity index (χ0) is 9.54. The number of nitrogens with zero attached hydrogens (tertiary/aromatic N) is 1. The van der Waals surface area contributed by atoms with Crippen molar-refractivity contribution in [3.8, 4) is 11.3 Å². The molecule has 0 saturated carbocycles. The van der Waals surface area contributed by atoms with Gasteiger partial charge in [-0.2, -0.15) is 5.10 Å². The summed E-state index contributed by atoms with van der Waals surface area (Å²) in [6.45, 7) is 0. The summed E-state index contributed by atoms with van der Waals surface area (Å²) in [5, 5.41) is 9.37. The smallest absolute Gasteiger partial charge is 0.267 e. The lowest BCUT2D eigenvalue weighted by atomic mass is 10.1. The maximum absolute atomic E-state index is 11.3. The van der Waals surface area contributed by atoms with Crippen LogP contribution in [-0.4, -0.2) is 10.2 Å². The van der Waals surface area contributed by atoms with Gasteiger partial charge in [0.05, 0.1) is 5.56 Å². The highest BCUT2D eigenvalue weighted by molar-refractivity contribution is 7.17. The van der Waals surface area contributed by atoms with E-state index in [2.05, 4.69) is 10.2 Å². The number of hydrogen-bond donors (Lipinski definition) is 1. The Morgan fingerprint density at radius 3 is 3.07 bits per heavy atom. The molecule has 3 rings (SSSR count). The molecule has 1 aromatic carbocycles. The molecule has 0 bridgehead atoms. The molecule has 1 aromatic rings. The molecule has 68 valence electrons. The zero-order valence-corrected chi connectivity index (χ0v) is 7.97. The Bertz CT molecular complexity index is 625. The fourth-order valence-electron chi connectivity index (χ4n) is 1.54. The van der Waals surface area contributed by atoms with Crippen LogP contribution in [0.15, 0.2) is 34.4 Å². The number of nitrogens with one attached hydrogen (secondary N) is 1. The Labute approximate surface area is 83.4 Å². The lowest BCUT2D eigenvalue weighted by molar-refractivity contribution is 1.07. The number of fused-ring (bicyclic) bond motifs is 3. The first-order valence-corrected chi connectivity index (χ1v) is 5.09. The molecule has 0 atom stereocenters. The number of aromatic nitrogens is 2. The second-order valence-electron chi connectivity index (χ2n) is 3.05. The van der Waals surface area contributed by atoms with Gasteiger partial charge in [0.2, 0.25) is 0 Å². The largest absolute Gasteiger partial charge is 0.274 e. The molecule has 1 N–H and O–H groups in total. The normalized spacial score (nSPS) is 11.1. The van der Waals surface area contributed by atoms with Crippen molar-refractivity contribution in [1.29, 1.82) is 0 Å². The third-order valence-electron chi connectivity index (χ3n) is 2.21. The fraction of sp³-hybridized carbons (Fsp3) is 0. The first-order valence-electron chi connectivity index (χ1n) is 4.21. The van der Waals surface area contributed by atoms with E-state index in [1.807, 2.05) is 29.6 Å². The highest BCUT2D eigenvalue weighted by Gasteiger charge is 2.12. The van der Waals surface area contributed by atoms with E-state index >= 15 is 0 Å². The van der Waals surface area contributed by atoms with E-state index in [9.17, 15) is 4.79 Å². The molecular formula is C10H6N2OS. The summed E-state index contributed by atoms with van der Waals surface area (Å²) in [6.07, 6.45) is 0. The van der Waals surface area contributed by atoms with E-state index in [1.165, 1.54) is 0 Å². The van der Waals surface area contributed by atoms with Crippen LogP contribution >= 0.6 is 11.3 Å². The Balaban J connectivity index is 2.59. The monoisotopic (exact) mass is 202 g/mol. The van der Waals surface area contributed by atoms with Crippen LogP contribution in [0.2, 0.25) is 0 Å². The number of hydrogen-bond acceptors (Lipinski definition) is 3. The Morgan fingerprint density at radius 2 is 2.14 bits per heavy atom. The molecule has 2 aliphatic rings. The van der Waals surface area contributed by atoms with Gasteiger partial charge in [-0.25, -0.2) is 5.10 Å². The van der Waals surface area contributed by atoms with Crippen molar-refractivity contribution in [2.75, 3.05) is 0 Å². The summed E-state index contributed by atoms with van der Waals surface area (Å²) in [7, 11) is 0. The van der Waals surface area contributed by atoms with Crippen molar-refractivity contribution >= 4 is 21.4 Å². The first-order chi connectivity index (χ1) is 6.86. The summed E-state index contributed by atoms with van der Waals surface area (Å²) in [4.78, 5) is 11.3. The van der Waals surface area contributed by atoms with Crippen molar-refractivity contribution in [3.63, 3.8) is 0 Å². The predicted octanol–water partition coefficient (Wildman–Crippen LogP) is 2.09. The molecule has 0 amide bonds. The second-order valence-corrected chi connectivity index (χ2v) is 3.96. The minimum absolute atomic E-state index is 0.109. The van der Waals surface area contributed by atoms with Gasteiger partial charge in [0.1, 0.15) is 5.69 Å². The number of H-pyrrole nitrogens is 1. The van der Waals surface area contributed by atoms with Crippen LogP contribution in [0, 0.1) is 0 Å². The molecule has 14 heavy (non-hydrogen) atoms. The predicted molar refractivity (Wildman–Crippen MR) is 56.9 cm³/mol. The van der Waals surface area contributed by atoms with E-state index in [1.54, 1.807) is 11.3 Å². The van der Waals surface area contributed by atoms with Gasteiger partial charge in [-0.1, -0.05) is 18.2 Å². The summed E-state index contributed by atoms with van der Waals surface area (Å²) < 4.78 is 1.14. The minimum atomic E-state index is -0.109. The van der Waals surface area contributed by atoms with Crippen LogP contribution in [0.3, 0.4) is 0 Å². The van der Waals surface area contributed by atoms with Crippen molar-refractivity contribution in [2.24, 2.45) is 0 Å². The quantitative estimate of drug-likeness (QED) is 0.606. The third-order valence-corrected chi connectivity index (χ3v) is 3.18. The maximum Gasteiger partial charge on any atom is 0.274 e. The SMILES string of the molecule is O=c1[nH]nc2c3ccccc3scc1-2. The maximum atomic E-state index is 11.3. The van der Waals surface area contributed by atoms with Gasteiger partial charge in [-0.3, -0.25) is 4.79 Å². The summed E-state index contributed by atoms with van der Waals surface area (Å²) in [5.74, 6) is 0. The first kappa shape index (κ1) is 7.70. The average molecular weight is 202 g/mol. The molecule has 0 spiro atoms. The van der Waals surface area contributed by atoms with Crippen LogP contribution in [0.4, 0.5) is 0 Å². The van der Waals surface area contributed by atoms with Crippen molar-refractivity contribution in [1.82, 2.24) is 10.2 Å².